The van der Waals surface area contributed by atoms with Crippen LogP contribution in [0.5, 0.6) is 0 Å². The smallest absolute Gasteiger partial charge is 0.0433 e. The molecule has 0 fully saturated rings. The average Bonchev–Trinajstić information content (AvgIpc) is 2.21. The van der Waals surface area contributed by atoms with Gasteiger partial charge >= 0.3 is 0 Å². The normalized spacial score (nSPS) is 8.31. The monoisotopic (exact) mass is 191 g/mol. The molecule has 0 saturated carbocycles. The molecule has 0 aromatic rings. The van der Waals surface area contributed by atoms with E-state index in [0.717, 1.165) is 6.61 Å². The quantitative estimate of drug-likeness (QED) is 0.677. The highest BCUT2D eigenvalue weighted by Crippen LogP contribution is 1.82. The van der Waals surface area contributed by atoms with E-state index < -0.39 is 0 Å². The van der Waals surface area contributed by atoms with Gasteiger partial charge in [0, 0.05) is 13.7 Å². The minimum Gasteiger partial charge on any atom is -0.385 e. The van der Waals surface area contributed by atoms with Gasteiger partial charge in [-0.3, -0.25) is 0 Å². The molecule has 0 saturated heterocycles. The van der Waals surface area contributed by atoms with Crippen molar-refractivity contribution >= 4 is 0 Å². The predicted octanol–water partition coefficient (Wildman–Crippen LogP) is 3.03. The summed E-state index contributed by atoms with van der Waals surface area (Å²) in [6.45, 7) is 13.6. The highest BCUT2D eigenvalue weighted by atomic mass is 16.5. The molecule has 0 aromatic carbocycles. The molecule has 0 atom stereocenters. The molecule has 0 bridgehead atoms. The maximum Gasteiger partial charge on any atom is 0.0433 e. The number of ether oxygens (including phenoxy) is 1. The zero-order chi connectivity index (χ0) is 11.1. The number of hydrogen-bond acceptors (Lipinski definition) is 2. The Morgan fingerprint density at radius 3 is 1.54 bits per heavy atom. The van der Waals surface area contributed by atoms with E-state index in [0.29, 0.717) is 0 Å². The van der Waals surface area contributed by atoms with Gasteiger partial charge in [-0.1, -0.05) is 27.7 Å². The van der Waals surface area contributed by atoms with E-state index in [2.05, 4.69) is 30.5 Å². The van der Waals surface area contributed by atoms with Crippen molar-refractivity contribution in [2.75, 3.05) is 33.9 Å². The van der Waals surface area contributed by atoms with Crippen molar-refractivity contribution in [3.63, 3.8) is 0 Å². The van der Waals surface area contributed by atoms with Crippen LogP contribution in [0.2, 0.25) is 0 Å². The molecule has 0 aromatic heterocycles. The zero-order valence-electron chi connectivity index (χ0n) is 10.7. The summed E-state index contributed by atoms with van der Waals surface area (Å²) in [5.74, 6) is 0. The molecule has 0 aliphatic carbocycles. The standard InChI is InChI=1S/C6H15N.C3H8O.C2H6/c1-4-6-7(3)5-2;1-3-4-2;1-2/h4-6H2,1-3H3;3H2,1-2H3;1-2H3. The molecule has 0 aliphatic heterocycles. The van der Waals surface area contributed by atoms with Gasteiger partial charge in [-0.25, -0.2) is 0 Å². The number of rotatable bonds is 4. The second-order valence-corrected chi connectivity index (χ2v) is 2.47. The Hall–Kier alpha value is -0.0800. The Bertz CT molecular complexity index is 56.1. The van der Waals surface area contributed by atoms with Crippen molar-refractivity contribution < 1.29 is 4.74 Å². The molecule has 0 aliphatic rings. The van der Waals surface area contributed by atoms with Gasteiger partial charge in [-0.05, 0) is 33.5 Å². The van der Waals surface area contributed by atoms with Gasteiger partial charge < -0.3 is 9.64 Å². The topological polar surface area (TPSA) is 12.5 Å². The third kappa shape index (κ3) is 33.5. The van der Waals surface area contributed by atoms with E-state index in [-0.39, 0.29) is 0 Å². The highest BCUT2D eigenvalue weighted by Gasteiger charge is 1.86. The summed E-state index contributed by atoms with van der Waals surface area (Å²) < 4.78 is 4.54. The van der Waals surface area contributed by atoms with Crippen LogP contribution >= 0.6 is 0 Å². The fourth-order valence-corrected chi connectivity index (χ4v) is 0.540. The molecule has 0 N–H and O–H groups in total. The Morgan fingerprint density at radius 1 is 1.08 bits per heavy atom. The molecule has 13 heavy (non-hydrogen) atoms. The van der Waals surface area contributed by atoms with E-state index in [1.54, 1.807) is 7.11 Å². The number of hydrogen-bond donors (Lipinski definition) is 0. The van der Waals surface area contributed by atoms with Crippen LogP contribution in [0.3, 0.4) is 0 Å². The Balaban J connectivity index is -0.000000142. The minimum absolute atomic E-state index is 0.819. The lowest BCUT2D eigenvalue weighted by atomic mass is 10.4. The Labute approximate surface area is 85.3 Å². The molecule has 0 heterocycles. The first-order chi connectivity index (χ1) is 6.22. The molecule has 0 amide bonds. The molecular weight excluding hydrogens is 162 g/mol. The lowest BCUT2D eigenvalue weighted by Crippen LogP contribution is -2.17. The minimum atomic E-state index is 0.819. The lowest BCUT2D eigenvalue weighted by molar-refractivity contribution is 0.215. The lowest BCUT2D eigenvalue weighted by Gasteiger charge is -2.10. The third-order valence-corrected chi connectivity index (χ3v) is 1.43. The summed E-state index contributed by atoms with van der Waals surface area (Å²) in [7, 11) is 3.82. The molecular formula is C11H29NO. The third-order valence-electron chi connectivity index (χ3n) is 1.43. The van der Waals surface area contributed by atoms with Gasteiger partial charge in [0.1, 0.15) is 0 Å². The van der Waals surface area contributed by atoms with Gasteiger partial charge in [0.2, 0.25) is 0 Å². The summed E-state index contributed by atoms with van der Waals surface area (Å²) in [6, 6.07) is 0. The van der Waals surface area contributed by atoms with Gasteiger partial charge in [-0.2, -0.15) is 0 Å². The van der Waals surface area contributed by atoms with Crippen molar-refractivity contribution in [3.8, 4) is 0 Å². The van der Waals surface area contributed by atoms with Crippen LogP contribution in [0.15, 0.2) is 0 Å². The summed E-state index contributed by atoms with van der Waals surface area (Å²) in [5, 5.41) is 0. The van der Waals surface area contributed by atoms with Crippen LogP contribution in [0, 0.1) is 0 Å². The van der Waals surface area contributed by atoms with Gasteiger partial charge in [-0.15, -0.1) is 0 Å². The summed E-state index contributed by atoms with van der Waals surface area (Å²) in [6.07, 6.45) is 1.27. The van der Waals surface area contributed by atoms with Crippen LogP contribution in [0.25, 0.3) is 0 Å². The second-order valence-electron chi connectivity index (χ2n) is 2.47. The van der Waals surface area contributed by atoms with Crippen LogP contribution in [0.4, 0.5) is 0 Å². The first-order valence-corrected chi connectivity index (χ1v) is 5.40. The first kappa shape index (κ1) is 18.7. The zero-order valence-corrected chi connectivity index (χ0v) is 10.7. The second kappa shape index (κ2) is 22.7. The number of methoxy groups -OCH3 is 1. The fourth-order valence-electron chi connectivity index (χ4n) is 0.540. The van der Waals surface area contributed by atoms with E-state index in [1.807, 2.05) is 20.8 Å². The molecule has 0 spiro atoms. The van der Waals surface area contributed by atoms with Crippen molar-refractivity contribution in [1.29, 1.82) is 0 Å². The fraction of sp³-hybridized carbons (Fsp3) is 1.00. The molecule has 2 nitrogen and oxygen atoms in total. The van der Waals surface area contributed by atoms with Crippen LogP contribution < -0.4 is 0 Å². The van der Waals surface area contributed by atoms with Crippen molar-refractivity contribution in [3.05, 3.63) is 0 Å². The maximum atomic E-state index is 4.54. The van der Waals surface area contributed by atoms with Crippen LogP contribution in [-0.2, 0) is 4.74 Å². The average molecular weight is 191 g/mol. The van der Waals surface area contributed by atoms with E-state index in [9.17, 15) is 0 Å². The van der Waals surface area contributed by atoms with Gasteiger partial charge in [0.25, 0.3) is 0 Å². The van der Waals surface area contributed by atoms with E-state index >= 15 is 0 Å². The molecule has 84 valence electrons. The Morgan fingerprint density at radius 2 is 1.46 bits per heavy atom. The summed E-state index contributed by atoms with van der Waals surface area (Å²) in [4.78, 5) is 2.31. The molecule has 0 rings (SSSR count). The van der Waals surface area contributed by atoms with Gasteiger partial charge in [0.05, 0.1) is 0 Å². The predicted molar refractivity (Wildman–Crippen MR) is 62.4 cm³/mol. The molecule has 0 unspecified atom stereocenters. The van der Waals surface area contributed by atoms with Crippen molar-refractivity contribution in [2.45, 2.75) is 41.0 Å². The van der Waals surface area contributed by atoms with Crippen molar-refractivity contribution in [1.82, 2.24) is 4.90 Å². The SMILES string of the molecule is CC.CCCN(C)CC.CCOC. The van der Waals surface area contributed by atoms with E-state index in [1.165, 1.54) is 19.5 Å². The summed E-state index contributed by atoms with van der Waals surface area (Å²) in [5.41, 5.74) is 0. The van der Waals surface area contributed by atoms with Crippen LogP contribution in [-0.4, -0.2) is 38.8 Å². The van der Waals surface area contributed by atoms with Crippen molar-refractivity contribution in [2.24, 2.45) is 0 Å². The molecule has 0 radical (unpaired) electrons. The Kier molecular flexibility index (Phi) is 32.5. The largest absolute Gasteiger partial charge is 0.385 e. The van der Waals surface area contributed by atoms with Gasteiger partial charge in [0.15, 0.2) is 0 Å². The molecule has 2 heteroatoms. The number of nitrogens with zero attached hydrogens (tertiary/aromatic N) is 1. The van der Waals surface area contributed by atoms with E-state index in [4.69, 9.17) is 0 Å². The summed E-state index contributed by atoms with van der Waals surface area (Å²) >= 11 is 0. The van der Waals surface area contributed by atoms with Crippen LogP contribution in [0.1, 0.15) is 41.0 Å². The highest BCUT2D eigenvalue weighted by molar-refractivity contribution is 4.41. The first-order valence-electron chi connectivity index (χ1n) is 5.40. The maximum absolute atomic E-state index is 4.54.